The molecule has 18 heavy (non-hydrogen) atoms. The molecule has 0 spiro atoms. The van der Waals surface area contributed by atoms with Gasteiger partial charge in [0.2, 0.25) is 5.91 Å². The van der Waals surface area contributed by atoms with Crippen LogP contribution in [0.4, 0.5) is 0 Å². The van der Waals surface area contributed by atoms with E-state index in [-0.39, 0.29) is 30.5 Å². The first-order chi connectivity index (χ1) is 8.61. The Hall–Kier alpha value is -1.54. The summed E-state index contributed by atoms with van der Waals surface area (Å²) in [6, 6.07) is -0.696. The number of amides is 1. The highest BCUT2D eigenvalue weighted by Crippen LogP contribution is 2.20. The molecule has 1 fully saturated rings. The second kappa shape index (κ2) is 7.02. The molecule has 0 saturated carbocycles. The summed E-state index contributed by atoms with van der Waals surface area (Å²) in [6.45, 7) is 2.72. The van der Waals surface area contributed by atoms with Crippen LogP contribution < -0.4 is 5.32 Å². The van der Waals surface area contributed by atoms with Gasteiger partial charge in [-0.3, -0.25) is 14.5 Å². The maximum absolute atomic E-state index is 11.9. The lowest BCUT2D eigenvalue weighted by Crippen LogP contribution is -2.54. The third-order valence-electron chi connectivity index (χ3n) is 3.26. The van der Waals surface area contributed by atoms with Gasteiger partial charge in [-0.2, -0.15) is 0 Å². The SMILES string of the molecule is C#CCNC(=O)C(C)N1CCCCC1C(=O)OC. The van der Waals surface area contributed by atoms with Crippen molar-refractivity contribution in [3.8, 4) is 12.3 Å². The van der Waals surface area contributed by atoms with Crippen LogP contribution in [0, 0.1) is 12.3 Å². The zero-order valence-corrected chi connectivity index (χ0v) is 10.9. The van der Waals surface area contributed by atoms with E-state index in [9.17, 15) is 9.59 Å². The van der Waals surface area contributed by atoms with Crippen molar-refractivity contribution in [2.24, 2.45) is 0 Å². The molecule has 2 atom stereocenters. The minimum atomic E-state index is -0.372. The standard InChI is InChI=1S/C13H20N2O3/c1-4-8-14-12(16)10(2)15-9-6-5-7-11(15)13(17)18-3/h1,10-11H,5-9H2,2-3H3,(H,14,16). The topological polar surface area (TPSA) is 58.6 Å². The van der Waals surface area contributed by atoms with Crippen molar-refractivity contribution in [1.82, 2.24) is 10.2 Å². The highest BCUT2D eigenvalue weighted by Gasteiger charge is 2.34. The number of piperidine rings is 1. The molecule has 1 heterocycles. The van der Waals surface area contributed by atoms with Crippen LogP contribution in [0.1, 0.15) is 26.2 Å². The predicted molar refractivity (Wildman–Crippen MR) is 67.7 cm³/mol. The summed E-state index contributed by atoms with van der Waals surface area (Å²) < 4.78 is 4.79. The zero-order valence-electron chi connectivity index (χ0n) is 10.9. The molecule has 1 rings (SSSR count). The van der Waals surface area contributed by atoms with Crippen LogP contribution in [-0.2, 0) is 14.3 Å². The number of nitrogens with one attached hydrogen (secondary N) is 1. The van der Waals surface area contributed by atoms with Gasteiger partial charge in [0.25, 0.3) is 0 Å². The first kappa shape index (κ1) is 14.5. The van der Waals surface area contributed by atoms with E-state index >= 15 is 0 Å². The molecule has 1 amide bonds. The predicted octanol–water partition coefficient (Wildman–Crippen LogP) is 0.152. The van der Waals surface area contributed by atoms with Gasteiger partial charge in [-0.25, -0.2) is 0 Å². The van der Waals surface area contributed by atoms with Crippen LogP contribution >= 0.6 is 0 Å². The van der Waals surface area contributed by atoms with E-state index in [0.717, 1.165) is 25.8 Å². The smallest absolute Gasteiger partial charge is 0.323 e. The maximum Gasteiger partial charge on any atom is 0.323 e. The van der Waals surface area contributed by atoms with E-state index < -0.39 is 0 Å². The number of methoxy groups -OCH3 is 1. The van der Waals surface area contributed by atoms with E-state index in [2.05, 4.69) is 11.2 Å². The molecule has 5 nitrogen and oxygen atoms in total. The van der Waals surface area contributed by atoms with Crippen LogP contribution in [-0.4, -0.2) is 49.1 Å². The molecule has 0 aliphatic carbocycles. The average molecular weight is 252 g/mol. The lowest BCUT2D eigenvalue weighted by molar-refractivity contribution is -0.150. The summed E-state index contributed by atoms with van der Waals surface area (Å²) in [5.74, 6) is 1.94. The molecule has 0 radical (unpaired) electrons. The van der Waals surface area contributed by atoms with Gasteiger partial charge in [-0.05, 0) is 26.3 Å². The van der Waals surface area contributed by atoms with E-state index in [1.54, 1.807) is 6.92 Å². The number of hydrogen-bond donors (Lipinski definition) is 1. The molecule has 100 valence electrons. The normalized spacial score (nSPS) is 21.7. The van der Waals surface area contributed by atoms with Crippen molar-refractivity contribution in [2.45, 2.75) is 38.3 Å². The number of nitrogens with zero attached hydrogens (tertiary/aromatic N) is 1. The van der Waals surface area contributed by atoms with Gasteiger partial charge >= 0.3 is 5.97 Å². The molecular formula is C13H20N2O3. The van der Waals surface area contributed by atoms with Gasteiger partial charge in [0.15, 0.2) is 0 Å². The highest BCUT2D eigenvalue weighted by molar-refractivity contribution is 5.83. The number of carbonyl (C=O) groups excluding carboxylic acids is 2. The third kappa shape index (κ3) is 3.47. The van der Waals surface area contributed by atoms with Crippen molar-refractivity contribution in [1.29, 1.82) is 0 Å². The Kier molecular flexibility index (Phi) is 5.66. The number of esters is 1. The number of carbonyl (C=O) groups is 2. The molecule has 1 saturated heterocycles. The van der Waals surface area contributed by atoms with Gasteiger partial charge in [-0.1, -0.05) is 12.3 Å². The second-order valence-electron chi connectivity index (χ2n) is 4.37. The van der Waals surface area contributed by atoms with Crippen LogP contribution in [0.15, 0.2) is 0 Å². The maximum atomic E-state index is 11.9. The number of likely N-dealkylation sites (tertiary alicyclic amines) is 1. The fraction of sp³-hybridized carbons (Fsp3) is 0.692. The summed E-state index contributed by atoms with van der Waals surface area (Å²) >= 11 is 0. The van der Waals surface area contributed by atoms with Crippen molar-refractivity contribution >= 4 is 11.9 Å². The average Bonchev–Trinajstić information content (AvgIpc) is 2.43. The van der Waals surface area contributed by atoms with Gasteiger partial charge in [0.1, 0.15) is 6.04 Å². The minimum Gasteiger partial charge on any atom is -0.468 e. The molecule has 0 aromatic heterocycles. The Morgan fingerprint density at radius 1 is 1.56 bits per heavy atom. The number of ether oxygens (including phenoxy) is 1. The molecular weight excluding hydrogens is 232 g/mol. The first-order valence-electron chi connectivity index (χ1n) is 6.16. The zero-order chi connectivity index (χ0) is 13.5. The Morgan fingerprint density at radius 3 is 2.89 bits per heavy atom. The van der Waals surface area contributed by atoms with Crippen molar-refractivity contribution in [3.05, 3.63) is 0 Å². The molecule has 0 aromatic rings. The molecule has 0 aromatic carbocycles. The Labute approximate surface area is 108 Å². The van der Waals surface area contributed by atoms with Crippen molar-refractivity contribution in [2.75, 3.05) is 20.2 Å². The molecule has 1 aliphatic heterocycles. The lowest BCUT2D eigenvalue weighted by Gasteiger charge is -2.37. The summed E-state index contributed by atoms with van der Waals surface area (Å²) in [6.07, 6.45) is 7.80. The highest BCUT2D eigenvalue weighted by atomic mass is 16.5. The van der Waals surface area contributed by atoms with E-state index in [4.69, 9.17) is 11.2 Å². The van der Waals surface area contributed by atoms with Crippen LogP contribution in [0.3, 0.4) is 0 Å². The first-order valence-corrected chi connectivity index (χ1v) is 6.16. The Balaban J connectivity index is 2.68. The molecule has 2 unspecified atom stereocenters. The van der Waals surface area contributed by atoms with E-state index in [1.165, 1.54) is 7.11 Å². The van der Waals surface area contributed by atoms with Crippen LogP contribution in [0.5, 0.6) is 0 Å². The Bertz CT molecular complexity index is 349. The van der Waals surface area contributed by atoms with Gasteiger partial charge in [-0.15, -0.1) is 6.42 Å². The molecule has 1 aliphatic rings. The third-order valence-corrected chi connectivity index (χ3v) is 3.26. The van der Waals surface area contributed by atoms with Gasteiger partial charge < -0.3 is 10.1 Å². The number of hydrogen-bond acceptors (Lipinski definition) is 4. The Morgan fingerprint density at radius 2 is 2.28 bits per heavy atom. The molecule has 0 bridgehead atoms. The van der Waals surface area contributed by atoms with Crippen LogP contribution in [0.2, 0.25) is 0 Å². The van der Waals surface area contributed by atoms with Crippen molar-refractivity contribution < 1.29 is 14.3 Å². The summed E-state index contributed by atoms with van der Waals surface area (Å²) in [4.78, 5) is 25.4. The quantitative estimate of drug-likeness (QED) is 0.571. The summed E-state index contributed by atoms with van der Waals surface area (Å²) in [5.41, 5.74) is 0. The number of terminal acetylenes is 1. The van der Waals surface area contributed by atoms with Crippen molar-refractivity contribution in [3.63, 3.8) is 0 Å². The van der Waals surface area contributed by atoms with Crippen LogP contribution in [0.25, 0.3) is 0 Å². The van der Waals surface area contributed by atoms with Gasteiger partial charge in [0, 0.05) is 0 Å². The molecule has 1 N–H and O–H groups in total. The summed E-state index contributed by atoms with van der Waals surface area (Å²) in [5, 5.41) is 2.64. The van der Waals surface area contributed by atoms with E-state index in [0.29, 0.717) is 0 Å². The second-order valence-corrected chi connectivity index (χ2v) is 4.37. The monoisotopic (exact) mass is 252 g/mol. The lowest BCUT2D eigenvalue weighted by atomic mass is 10.00. The van der Waals surface area contributed by atoms with Gasteiger partial charge in [0.05, 0.1) is 19.7 Å². The fourth-order valence-electron chi connectivity index (χ4n) is 2.24. The minimum absolute atomic E-state index is 0.149. The van der Waals surface area contributed by atoms with E-state index in [1.807, 2.05) is 4.90 Å². The molecule has 5 heteroatoms. The summed E-state index contributed by atoms with van der Waals surface area (Å²) in [7, 11) is 1.37. The number of rotatable bonds is 4. The fourth-order valence-corrected chi connectivity index (χ4v) is 2.24. The largest absolute Gasteiger partial charge is 0.468 e.